The second kappa shape index (κ2) is 4.44. The molecule has 0 radical (unpaired) electrons. The molecule has 0 atom stereocenters. The van der Waals surface area contributed by atoms with Crippen molar-refractivity contribution in [2.24, 2.45) is 5.92 Å². The molecule has 3 nitrogen and oxygen atoms in total. The first-order valence-corrected chi connectivity index (χ1v) is 5.85. The fourth-order valence-corrected chi connectivity index (χ4v) is 2.16. The molecule has 18 heavy (non-hydrogen) atoms. The van der Waals surface area contributed by atoms with E-state index in [4.69, 9.17) is 9.52 Å². The Morgan fingerprint density at radius 1 is 1.44 bits per heavy atom. The Bertz CT molecular complexity index is 611. The zero-order valence-corrected chi connectivity index (χ0v) is 10.6. The molecule has 0 fully saturated rings. The number of benzene rings is 1. The first-order valence-electron chi connectivity index (χ1n) is 5.85. The monoisotopic (exact) mass is 250 g/mol. The number of rotatable bonds is 3. The Labute approximate surface area is 104 Å². The predicted molar refractivity (Wildman–Crippen MR) is 66.4 cm³/mol. The van der Waals surface area contributed by atoms with Gasteiger partial charge in [-0.2, -0.15) is 0 Å². The SMILES string of the molecule is Cc1cc(F)cc2c(CC(C)C)c(C(=O)O)oc12. The Hall–Kier alpha value is -1.84. The Morgan fingerprint density at radius 2 is 2.11 bits per heavy atom. The molecule has 96 valence electrons. The first kappa shape index (κ1) is 12.6. The summed E-state index contributed by atoms with van der Waals surface area (Å²) in [4.78, 5) is 11.2. The summed E-state index contributed by atoms with van der Waals surface area (Å²) in [6.07, 6.45) is 0.553. The smallest absolute Gasteiger partial charge is 0.372 e. The van der Waals surface area contributed by atoms with E-state index in [0.717, 1.165) is 0 Å². The highest BCUT2D eigenvalue weighted by atomic mass is 19.1. The second-order valence-corrected chi connectivity index (χ2v) is 4.91. The summed E-state index contributed by atoms with van der Waals surface area (Å²) in [7, 11) is 0. The third-order valence-electron chi connectivity index (χ3n) is 2.85. The molecular formula is C14H15FO3. The van der Waals surface area contributed by atoms with Crippen LogP contribution in [-0.4, -0.2) is 11.1 Å². The molecule has 1 aromatic heterocycles. The second-order valence-electron chi connectivity index (χ2n) is 4.91. The van der Waals surface area contributed by atoms with Gasteiger partial charge >= 0.3 is 5.97 Å². The molecule has 0 aliphatic rings. The van der Waals surface area contributed by atoms with Crippen LogP contribution in [0.5, 0.6) is 0 Å². The fraction of sp³-hybridized carbons (Fsp3) is 0.357. The third kappa shape index (κ3) is 2.10. The van der Waals surface area contributed by atoms with Gasteiger partial charge in [0.1, 0.15) is 11.4 Å². The highest BCUT2D eigenvalue weighted by molar-refractivity contribution is 5.96. The molecule has 1 N–H and O–H groups in total. The number of carbonyl (C=O) groups is 1. The molecule has 0 bridgehead atoms. The minimum atomic E-state index is -1.11. The van der Waals surface area contributed by atoms with Gasteiger partial charge in [0.05, 0.1) is 0 Å². The zero-order valence-electron chi connectivity index (χ0n) is 10.6. The van der Waals surface area contributed by atoms with Crippen molar-refractivity contribution in [3.8, 4) is 0 Å². The quantitative estimate of drug-likeness (QED) is 0.901. The lowest BCUT2D eigenvalue weighted by Crippen LogP contribution is -2.02. The molecule has 0 aliphatic carbocycles. The van der Waals surface area contributed by atoms with Gasteiger partial charge in [-0.15, -0.1) is 0 Å². The number of furan rings is 1. The number of halogens is 1. The summed E-state index contributed by atoms with van der Waals surface area (Å²) in [6, 6.07) is 2.69. The van der Waals surface area contributed by atoms with Crippen LogP contribution < -0.4 is 0 Å². The summed E-state index contributed by atoms with van der Waals surface area (Å²) in [5, 5.41) is 9.72. The maximum atomic E-state index is 13.4. The van der Waals surface area contributed by atoms with Crippen LogP contribution in [-0.2, 0) is 6.42 Å². The molecule has 0 spiro atoms. The molecule has 1 aromatic carbocycles. The van der Waals surface area contributed by atoms with Crippen molar-refractivity contribution in [1.29, 1.82) is 0 Å². The van der Waals surface area contributed by atoms with Gasteiger partial charge < -0.3 is 9.52 Å². The van der Waals surface area contributed by atoms with Gasteiger partial charge in [-0.25, -0.2) is 9.18 Å². The van der Waals surface area contributed by atoms with E-state index in [1.807, 2.05) is 13.8 Å². The average Bonchev–Trinajstić information content (AvgIpc) is 2.57. The number of hydrogen-bond donors (Lipinski definition) is 1. The van der Waals surface area contributed by atoms with Crippen LogP contribution in [0.15, 0.2) is 16.5 Å². The number of fused-ring (bicyclic) bond motifs is 1. The Balaban J connectivity index is 2.76. The lowest BCUT2D eigenvalue weighted by Gasteiger charge is -2.03. The van der Waals surface area contributed by atoms with Crippen molar-refractivity contribution < 1.29 is 18.7 Å². The molecule has 0 amide bonds. The highest BCUT2D eigenvalue weighted by Crippen LogP contribution is 2.31. The molecule has 2 aromatic rings. The maximum absolute atomic E-state index is 13.4. The van der Waals surface area contributed by atoms with Crippen LogP contribution >= 0.6 is 0 Å². The lowest BCUT2D eigenvalue weighted by atomic mass is 9.99. The lowest BCUT2D eigenvalue weighted by molar-refractivity contribution is 0.0663. The minimum absolute atomic E-state index is 0.0765. The van der Waals surface area contributed by atoms with Crippen LogP contribution in [0.4, 0.5) is 4.39 Å². The Morgan fingerprint density at radius 3 is 2.67 bits per heavy atom. The summed E-state index contributed by atoms with van der Waals surface area (Å²) in [5.74, 6) is -1.29. The van der Waals surface area contributed by atoms with Crippen molar-refractivity contribution in [1.82, 2.24) is 0 Å². The molecule has 0 saturated heterocycles. The van der Waals surface area contributed by atoms with Gasteiger partial charge in [0.25, 0.3) is 0 Å². The molecule has 4 heteroatoms. The van der Waals surface area contributed by atoms with Gasteiger partial charge in [0, 0.05) is 10.9 Å². The van der Waals surface area contributed by atoms with Crippen molar-refractivity contribution >= 4 is 16.9 Å². The average molecular weight is 250 g/mol. The maximum Gasteiger partial charge on any atom is 0.372 e. The third-order valence-corrected chi connectivity index (χ3v) is 2.85. The fourth-order valence-electron chi connectivity index (χ4n) is 2.16. The van der Waals surface area contributed by atoms with E-state index in [1.54, 1.807) is 6.92 Å². The van der Waals surface area contributed by atoms with E-state index in [9.17, 15) is 9.18 Å². The van der Waals surface area contributed by atoms with Gasteiger partial charge in [-0.3, -0.25) is 0 Å². The van der Waals surface area contributed by atoms with Gasteiger partial charge in [0.15, 0.2) is 0 Å². The normalized spacial score (nSPS) is 11.4. The van der Waals surface area contributed by atoms with Crippen LogP contribution in [0, 0.1) is 18.7 Å². The number of carboxylic acids is 1. The number of aryl methyl sites for hydroxylation is 1. The Kier molecular flexibility index (Phi) is 3.11. The molecule has 0 aliphatic heterocycles. The van der Waals surface area contributed by atoms with Gasteiger partial charge in [-0.1, -0.05) is 13.8 Å². The van der Waals surface area contributed by atoms with Crippen molar-refractivity contribution in [3.63, 3.8) is 0 Å². The molecule has 0 unspecified atom stereocenters. The van der Waals surface area contributed by atoms with Crippen molar-refractivity contribution in [3.05, 3.63) is 34.8 Å². The predicted octanol–water partition coefficient (Wildman–Crippen LogP) is 3.78. The van der Waals surface area contributed by atoms with Gasteiger partial charge in [0.2, 0.25) is 5.76 Å². The molecule has 0 saturated carbocycles. The molecule has 2 rings (SSSR count). The molecular weight excluding hydrogens is 235 g/mol. The largest absolute Gasteiger partial charge is 0.475 e. The summed E-state index contributed by atoms with van der Waals surface area (Å²) >= 11 is 0. The van der Waals surface area contributed by atoms with Crippen LogP contribution in [0.1, 0.15) is 35.5 Å². The van der Waals surface area contributed by atoms with Crippen molar-refractivity contribution in [2.45, 2.75) is 27.2 Å². The summed E-state index contributed by atoms with van der Waals surface area (Å²) < 4.78 is 18.8. The van der Waals surface area contributed by atoms with Crippen LogP contribution in [0.3, 0.4) is 0 Å². The highest BCUT2D eigenvalue weighted by Gasteiger charge is 2.22. The van der Waals surface area contributed by atoms with E-state index >= 15 is 0 Å². The number of carboxylic acid groups (broad SMARTS) is 1. The van der Waals surface area contributed by atoms with Crippen LogP contribution in [0.2, 0.25) is 0 Å². The molecule has 1 heterocycles. The van der Waals surface area contributed by atoms with E-state index in [2.05, 4.69) is 0 Å². The van der Waals surface area contributed by atoms with E-state index in [0.29, 0.717) is 28.5 Å². The minimum Gasteiger partial charge on any atom is -0.475 e. The van der Waals surface area contributed by atoms with E-state index < -0.39 is 5.97 Å². The topological polar surface area (TPSA) is 50.4 Å². The standard InChI is InChI=1S/C14H15FO3/c1-7(2)4-10-11-6-9(15)5-8(3)12(11)18-13(10)14(16)17/h5-7H,4H2,1-3H3,(H,16,17). The summed E-state index contributed by atoms with van der Waals surface area (Å²) in [6.45, 7) is 5.67. The van der Waals surface area contributed by atoms with Gasteiger partial charge in [-0.05, 0) is 37.0 Å². The van der Waals surface area contributed by atoms with E-state index in [-0.39, 0.29) is 17.5 Å². The number of hydrogen-bond acceptors (Lipinski definition) is 2. The van der Waals surface area contributed by atoms with Crippen molar-refractivity contribution in [2.75, 3.05) is 0 Å². The first-order chi connectivity index (χ1) is 8.40. The number of aromatic carboxylic acids is 1. The van der Waals surface area contributed by atoms with E-state index in [1.165, 1.54) is 12.1 Å². The van der Waals surface area contributed by atoms with Crippen LogP contribution in [0.25, 0.3) is 11.0 Å². The zero-order chi connectivity index (χ0) is 13.4. The summed E-state index contributed by atoms with van der Waals surface area (Å²) in [5.41, 5.74) is 1.65.